The molecule has 1 amide bonds. The van der Waals surface area contributed by atoms with E-state index in [2.05, 4.69) is 55.3 Å². The van der Waals surface area contributed by atoms with Crippen LogP contribution in [-0.4, -0.2) is 69.6 Å². The summed E-state index contributed by atoms with van der Waals surface area (Å²) in [4.78, 5) is 27.8. The summed E-state index contributed by atoms with van der Waals surface area (Å²) in [7, 11) is -1.36. The number of benzene rings is 2. The van der Waals surface area contributed by atoms with Crippen LogP contribution in [0.1, 0.15) is 89.7 Å². The van der Waals surface area contributed by atoms with Crippen molar-refractivity contribution in [3.05, 3.63) is 59.3 Å². The molecule has 1 fully saturated rings. The van der Waals surface area contributed by atoms with Gasteiger partial charge < -0.3 is 20.3 Å². The van der Waals surface area contributed by atoms with Crippen molar-refractivity contribution in [1.29, 1.82) is 0 Å². The fourth-order valence-corrected chi connectivity index (χ4v) is 7.80. The summed E-state index contributed by atoms with van der Waals surface area (Å²) in [6.45, 7) is 18.6. The summed E-state index contributed by atoms with van der Waals surface area (Å²) in [5, 5.41) is 5.93. The lowest BCUT2D eigenvalue weighted by Gasteiger charge is -2.55. The standard InChI is InChI=1S/C35H48N6O4S/c1-21(2)45-29-15-24-20-41(25-17-34(6,7)40(10)35(8,9)18-25)32(42)26(24)16-28(29)38-33-36-19-23(5)31(39-33)37-27-13-11-12-14-30(27)46(43,44)22(3)4/h11-16,19,21-22,25H,17-18,20H2,1-10H3,(H2,36,37,38,39). The molecule has 2 aliphatic heterocycles. The van der Waals surface area contributed by atoms with Crippen molar-refractivity contribution in [2.24, 2.45) is 0 Å². The topological polar surface area (TPSA) is 117 Å². The predicted octanol–water partition coefficient (Wildman–Crippen LogP) is 6.85. The third-order valence-corrected chi connectivity index (χ3v) is 11.6. The molecule has 10 nitrogen and oxygen atoms in total. The molecule has 11 heteroatoms. The van der Waals surface area contributed by atoms with Gasteiger partial charge in [0, 0.05) is 41.0 Å². The SMILES string of the molecule is Cc1cnc(Nc2cc3c(cc2OC(C)C)CN(C2CC(C)(C)N(C)C(C)(C)C2)C3=O)nc1Nc1ccccc1S(=O)(=O)C(C)C. The first-order valence-corrected chi connectivity index (χ1v) is 17.5. The van der Waals surface area contributed by atoms with E-state index in [4.69, 9.17) is 9.72 Å². The maximum atomic E-state index is 14.0. The Hall–Kier alpha value is -3.70. The van der Waals surface area contributed by atoms with Crippen molar-refractivity contribution in [1.82, 2.24) is 19.8 Å². The number of carbonyl (C=O) groups excluding carboxylic acids is 1. The number of nitrogens with one attached hydrogen (secondary N) is 2. The van der Waals surface area contributed by atoms with Gasteiger partial charge in [-0.3, -0.25) is 9.69 Å². The van der Waals surface area contributed by atoms with Gasteiger partial charge in [0.2, 0.25) is 5.95 Å². The molecule has 1 aromatic heterocycles. The third kappa shape index (κ3) is 6.44. The van der Waals surface area contributed by atoms with Crippen LogP contribution in [0.4, 0.5) is 23.1 Å². The zero-order chi connectivity index (χ0) is 33.8. The number of carbonyl (C=O) groups is 1. The quantitative estimate of drug-likeness (QED) is 0.257. The number of para-hydroxylation sites is 1. The van der Waals surface area contributed by atoms with Gasteiger partial charge in [0.1, 0.15) is 11.6 Å². The maximum absolute atomic E-state index is 14.0. The fraction of sp³-hybridized carbons (Fsp3) is 0.514. The molecule has 248 valence electrons. The number of rotatable bonds is 9. The van der Waals surface area contributed by atoms with Gasteiger partial charge in [-0.25, -0.2) is 13.4 Å². The second-order valence-corrected chi connectivity index (χ2v) is 16.9. The lowest BCUT2D eigenvalue weighted by molar-refractivity contribution is -0.0417. The summed E-state index contributed by atoms with van der Waals surface area (Å²) in [6.07, 6.45) is 3.35. The summed E-state index contributed by atoms with van der Waals surface area (Å²) in [5.41, 5.74) is 3.26. The summed E-state index contributed by atoms with van der Waals surface area (Å²) in [6, 6.07) is 10.7. The number of piperidine rings is 1. The number of aryl methyl sites for hydroxylation is 1. The Morgan fingerprint density at radius 2 is 1.63 bits per heavy atom. The number of aromatic nitrogens is 2. The van der Waals surface area contributed by atoms with Crippen molar-refractivity contribution < 1.29 is 17.9 Å². The number of nitrogens with zero attached hydrogens (tertiary/aromatic N) is 4. The third-order valence-electron chi connectivity index (χ3n) is 9.41. The van der Waals surface area contributed by atoms with E-state index in [1.807, 2.05) is 37.8 Å². The second kappa shape index (κ2) is 12.2. The van der Waals surface area contributed by atoms with Crippen molar-refractivity contribution in [2.45, 2.75) is 115 Å². The van der Waals surface area contributed by atoms with E-state index in [1.165, 1.54) is 0 Å². The first-order valence-electron chi connectivity index (χ1n) is 16.0. The summed E-state index contributed by atoms with van der Waals surface area (Å²) in [5.74, 6) is 1.38. The highest BCUT2D eigenvalue weighted by atomic mass is 32.2. The van der Waals surface area contributed by atoms with Crippen molar-refractivity contribution in [2.75, 3.05) is 17.7 Å². The van der Waals surface area contributed by atoms with Crippen molar-refractivity contribution in [3.63, 3.8) is 0 Å². The zero-order valence-electron chi connectivity index (χ0n) is 28.7. The molecule has 46 heavy (non-hydrogen) atoms. The van der Waals surface area contributed by atoms with Crippen molar-refractivity contribution in [3.8, 4) is 5.75 Å². The van der Waals surface area contributed by atoms with Gasteiger partial charge in [-0.1, -0.05) is 12.1 Å². The lowest BCUT2D eigenvalue weighted by atomic mass is 9.77. The van der Waals surface area contributed by atoms with Crippen LogP contribution >= 0.6 is 0 Å². The fourth-order valence-electron chi connectivity index (χ4n) is 6.59. The highest BCUT2D eigenvalue weighted by Gasteiger charge is 2.47. The Morgan fingerprint density at radius 3 is 2.26 bits per heavy atom. The minimum Gasteiger partial charge on any atom is -0.489 e. The van der Waals surface area contributed by atoms with Gasteiger partial charge >= 0.3 is 0 Å². The molecule has 0 atom stereocenters. The first kappa shape index (κ1) is 33.7. The molecule has 5 rings (SSSR count). The van der Waals surface area contributed by atoms with E-state index in [0.717, 1.165) is 24.0 Å². The molecule has 0 aliphatic carbocycles. The smallest absolute Gasteiger partial charge is 0.254 e. The largest absolute Gasteiger partial charge is 0.489 e. The average Bonchev–Trinajstić information content (AvgIpc) is 3.28. The van der Waals surface area contributed by atoms with E-state index < -0.39 is 15.1 Å². The number of amides is 1. The molecular formula is C35H48N6O4S. The van der Waals surface area contributed by atoms with Gasteiger partial charge in [0.25, 0.3) is 5.91 Å². The van der Waals surface area contributed by atoms with Gasteiger partial charge in [-0.2, -0.15) is 4.98 Å². The van der Waals surface area contributed by atoms with E-state index in [9.17, 15) is 13.2 Å². The minimum atomic E-state index is -3.53. The average molecular weight is 649 g/mol. The van der Waals surface area contributed by atoms with Crippen LogP contribution in [0.15, 0.2) is 47.5 Å². The Labute approximate surface area is 273 Å². The van der Waals surface area contributed by atoms with Crippen LogP contribution in [0.3, 0.4) is 0 Å². The Balaban J connectivity index is 1.46. The molecule has 0 spiro atoms. The highest BCUT2D eigenvalue weighted by molar-refractivity contribution is 7.92. The van der Waals surface area contributed by atoms with Crippen LogP contribution in [0.5, 0.6) is 5.75 Å². The second-order valence-electron chi connectivity index (χ2n) is 14.4. The summed E-state index contributed by atoms with van der Waals surface area (Å²) < 4.78 is 32.3. The predicted molar refractivity (Wildman–Crippen MR) is 183 cm³/mol. The molecule has 2 aliphatic rings. The number of hydrogen-bond donors (Lipinski definition) is 2. The van der Waals surface area contributed by atoms with Crippen LogP contribution < -0.4 is 15.4 Å². The Morgan fingerprint density at radius 1 is 0.978 bits per heavy atom. The number of hydrogen-bond acceptors (Lipinski definition) is 9. The Kier molecular flexibility index (Phi) is 8.89. The van der Waals surface area contributed by atoms with Crippen LogP contribution in [0, 0.1) is 6.92 Å². The summed E-state index contributed by atoms with van der Waals surface area (Å²) >= 11 is 0. The molecule has 0 saturated carbocycles. The molecule has 3 aromatic rings. The van der Waals surface area contributed by atoms with Crippen LogP contribution in [-0.2, 0) is 16.4 Å². The molecule has 2 aromatic carbocycles. The van der Waals surface area contributed by atoms with Gasteiger partial charge in [0.05, 0.1) is 27.6 Å². The monoisotopic (exact) mass is 648 g/mol. The molecule has 2 N–H and O–H groups in total. The lowest BCUT2D eigenvalue weighted by Crippen LogP contribution is -2.62. The first-order chi connectivity index (χ1) is 21.4. The number of ether oxygens (including phenoxy) is 1. The highest BCUT2D eigenvalue weighted by Crippen LogP contribution is 2.43. The minimum absolute atomic E-state index is 0.0189. The molecule has 3 heterocycles. The van der Waals surface area contributed by atoms with Crippen molar-refractivity contribution >= 4 is 38.9 Å². The van der Waals surface area contributed by atoms with Gasteiger partial charge in [0.15, 0.2) is 9.84 Å². The maximum Gasteiger partial charge on any atom is 0.254 e. The number of likely N-dealkylation sites (tertiary alicyclic amines) is 1. The molecule has 0 unspecified atom stereocenters. The van der Waals surface area contributed by atoms with E-state index >= 15 is 0 Å². The van der Waals surface area contributed by atoms with E-state index in [1.54, 1.807) is 44.3 Å². The molecular weight excluding hydrogens is 600 g/mol. The molecule has 0 radical (unpaired) electrons. The molecule has 1 saturated heterocycles. The molecule has 0 bridgehead atoms. The zero-order valence-corrected chi connectivity index (χ0v) is 29.5. The van der Waals surface area contributed by atoms with Gasteiger partial charge in [-0.15, -0.1) is 0 Å². The van der Waals surface area contributed by atoms with E-state index in [0.29, 0.717) is 35.1 Å². The normalized spacial score (nSPS) is 18.3. The Bertz CT molecular complexity index is 1730. The van der Waals surface area contributed by atoms with Crippen LogP contribution in [0.25, 0.3) is 0 Å². The van der Waals surface area contributed by atoms with E-state index in [-0.39, 0.29) is 40.0 Å². The number of fused-ring (bicyclic) bond motifs is 1. The number of sulfone groups is 1. The number of anilines is 4. The van der Waals surface area contributed by atoms with Gasteiger partial charge in [-0.05, 0) is 112 Å². The van der Waals surface area contributed by atoms with Crippen LogP contribution in [0.2, 0.25) is 0 Å².